The van der Waals surface area contributed by atoms with E-state index in [-0.39, 0.29) is 41.1 Å². The molecule has 1 radical (unpaired) electrons. The van der Waals surface area contributed by atoms with Crippen molar-refractivity contribution in [3.05, 3.63) is 0 Å². The van der Waals surface area contributed by atoms with Gasteiger partial charge in [-0.15, -0.1) is 0 Å². The van der Waals surface area contributed by atoms with Crippen LogP contribution >= 0.6 is 0 Å². The van der Waals surface area contributed by atoms with Crippen LogP contribution < -0.4 is 5.32 Å². The fraction of sp³-hybridized carbons (Fsp3) is 1.00. The van der Waals surface area contributed by atoms with Gasteiger partial charge in [-0.25, -0.2) is 0 Å². The van der Waals surface area contributed by atoms with Gasteiger partial charge in [-0.3, -0.25) is 0 Å². The third-order valence-corrected chi connectivity index (χ3v) is 2.08. The first kappa shape index (κ1) is 10.9. The molecule has 55 valence electrons. The standard InChI is InChI=1S/C7H15NO.Na/c1-7(2)5-8-4-3-6(7)9;/h6,8-9H,3-5H2,1-2H3;. The van der Waals surface area contributed by atoms with Gasteiger partial charge in [-0.1, -0.05) is 13.8 Å². The molecular weight excluding hydrogens is 137 g/mol. The summed E-state index contributed by atoms with van der Waals surface area (Å²) in [6, 6.07) is 0. The quantitative estimate of drug-likeness (QED) is 0.478. The smallest absolute Gasteiger partial charge is 0.0615 e. The molecule has 0 aromatic heterocycles. The molecule has 0 aromatic carbocycles. The summed E-state index contributed by atoms with van der Waals surface area (Å²) in [5.74, 6) is 0. The summed E-state index contributed by atoms with van der Waals surface area (Å²) in [5.41, 5.74) is 0.0816. The SMILES string of the molecule is CC1(C)CNCCC1O.[Na]. The molecule has 1 heterocycles. The molecule has 1 aliphatic heterocycles. The number of piperidine rings is 1. The molecule has 1 saturated heterocycles. The fourth-order valence-corrected chi connectivity index (χ4v) is 1.16. The van der Waals surface area contributed by atoms with Crippen molar-refractivity contribution in [1.82, 2.24) is 5.32 Å². The molecule has 1 atom stereocenters. The van der Waals surface area contributed by atoms with Crippen molar-refractivity contribution in [2.45, 2.75) is 26.4 Å². The molecule has 0 aliphatic carbocycles. The zero-order chi connectivity index (χ0) is 6.91. The van der Waals surface area contributed by atoms with Crippen LogP contribution in [0, 0.1) is 5.41 Å². The maximum Gasteiger partial charge on any atom is 0.0615 e. The van der Waals surface area contributed by atoms with Crippen molar-refractivity contribution in [2.75, 3.05) is 13.1 Å². The Kier molecular flexibility index (Phi) is 4.45. The van der Waals surface area contributed by atoms with Crippen LogP contribution in [0.4, 0.5) is 0 Å². The maximum atomic E-state index is 9.40. The van der Waals surface area contributed by atoms with Crippen LogP contribution in [-0.4, -0.2) is 53.9 Å². The third kappa shape index (κ3) is 2.51. The number of aliphatic hydroxyl groups is 1. The summed E-state index contributed by atoms with van der Waals surface area (Å²) in [6.07, 6.45) is 0.784. The third-order valence-electron chi connectivity index (χ3n) is 2.08. The Balaban J connectivity index is 0.000000810. The van der Waals surface area contributed by atoms with E-state index in [2.05, 4.69) is 19.2 Å². The van der Waals surface area contributed by atoms with E-state index in [0.29, 0.717) is 0 Å². The normalized spacial score (nSPS) is 30.9. The first-order valence-electron chi connectivity index (χ1n) is 3.52. The number of aliphatic hydroxyl groups excluding tert-OH is 1. The van der Waals surface area contributed by atoms with E-state index in [1.165, 1.54) is 0 Å². The van der Waals surface area contributed by atoms with Crippen molar-refractivity contribution in [3.63, 3.8) is 0 Å². The van der Waals surface area contributed by atoms with Gasteiger partial charge in [0.15, 0.2) is 0 Å². The minimum Gasteiger partial charge on any atom is -0.392 e. The Morgan fingerprint density at radius 2 is 2.10 bits per heavy atom. The Morgan fingerprint density at radius 3 is 2.40 bits per heavy atom. The molecule has 1 unspecified atom stereocenters. The largest absolute Gasteiger partial charge is 0.392 e. The topological polar surface area (TPSA) is 32.3 Å². The molecule has 1 fully saturated rings. The van der Waals surface area contributed by atoms with Gasteiger partial charge >= 0.3 is 0 Å². The van der Waals surface area contributed by atoms with Crippen LogP contribution in [0.2, 0.25) is 0 Å². The van der Waals surface area contributed by atoms with Gasteiger partial charge in [0.25, 0.3) is 0 Å². The molecule has 0 spiro atoms. The molecule has 1 aliphatic rings. The molecule has 10 heavy (non-hydrogen) atoms. The summed E-state index contributed by atoms with van der Waals surface area (Å²) < 4.78 is 0. The van der Waals surface area contributed by atoms with Gasteiger partial charge in [-0.2, -0.15) is 0 Å². The molecule has 0 aromatic rings. The Hall–Kier alpha value is 0.920. The van der Waals surface area contributed by atoms with Crippen molar-refractivity contribution in [2.24, 2.45) is 5.41 Å². The van der Waals surface area contributed by atoms with E-state index in [0.717, 1.165) is 19.5 Å². The van der Waals surface area contributed by atoms with Crippen molar-refractivity contribution in [1.29, 1.82) is 0 Å². The van der Waals surface area contributed by atoms with Crippen LogP contribution in [0.25, 0.3) is 0 Å². The molecule has 0 saturated carbocycles. The Morgan fingerprint density at radius 1 is 1.50 bits per heavy atom. The van der Waals surface area contributed by atoms with E-state index in [9.17, 15) is 5.11 Å². The average Bonchev–Trinajstić information content (AvgIpc) is 1.77. The minimum atomic E-state index is -0.112. The summed E-state index contributed by atoms with van der Waals surface area (Å²) in [6.45, 7) is 6.08. The van der Waals surface area contributed by atoms with Gasteiger partial charge in [0, 0.05) is 41.5 Å². The summed E-state index contributed by atoms with van der Waals surface area (Å²) >= 11 is 0. The van der Waals surface area contributed by atoms with Crippen molar-refractivity contribution < 1.29 is 5.11 Å². The van der Waals surface area contributed by atoms with Crippen LogP contribution in [0.5, 0.6) is 0 Å². The first-order chi connectivity index (χ1) is 4.13. The molecule has 3 heteroatoms. The average molecular weight is 152 g/mol. The van der Waals surface area contributed by atoms with E-state index >= 15 is 0 Å². The van der Waals surface area contributed by atoms with Crippen molar-refractivity contribution >= 4 is 29.6 Å². The Labute approximate surface area is 84.7 Å². The predicted octanol–water partition coefficient (Wildman–Crippen LogP) is -0.0140. The van der Waals surface area contributed by atoms with Gasteiger partial charge in [-0.05, 0) is 13.0 Å². The van der Waals surface area contributed by atoms with Crippen LogP contribution in [0.1, 0.15) is 20.3 Å². The number of rotatable bonds is 0. The molecule has 0 bridgehead atoms. The summed E-state index contributed by atoms with van der Waals surface area (Å²) in [7, 11) is 0. The minimum absolute atomic E-state index is 0. The maximum absolute atomic E-state index is 9.40. The molecule has 2 N–H and O–H groups in total. The molecule has 1 rings (SSSR count). The van der Waals surface area contributed by atoms with E-state index in [1.54, 1.807) is 0 Å². The van der Waals surface area contributed by atoms with Gasteiger partial charge in [0.05, 0.1) is 6.10 Å². The van der Waals surface area contributed by atoms with Gasteiger partial charge < -0.3 is 10.4 Å². The molecule has 0 amide bonds. The second-order valence-corrected chi connectivity index (χ2v) is 3.47. The van der Waals surface area contributed by atoms with E-state index < -0.39 is 0 Å². The Bertz CT molecular complexity index is 106. The van der Waals surface area contributed by atoms with E-state index in [4.69, 9.17) is 0 Å². The van der Waals surface area contributed by atoms with Crippen LogP contribution in [0.15, 0.2) is 0 Å². The second kappa shape index (κ2) is 4.07. The summed E-state index contributed by atoms with van der Waals surface area (Å²) in [5, 5.41) is 12.6. The first-order valence-corrected chi connectivity index (χ1v) is 3.52. The monoisotopic (exact) mass is 152 g/mol. The summed E-state index contributed by atoms with van der Waals surface area (Å²) in [4.78, 5) is 0. The van der Waals surface area contributed by atoms with Crippen LogP contribution in [-0.2, 0) is 0 Å². The molecule has 2 nitrogen and oxygen atoms in total. The van der Waals surface area contributed by atoms with Gasteiger partial charge in [0.1, 0.15) is 0 Å². The second-order valence-electron chi connectivity index (χ2n) is 3.47. The number of nitrogens with one attached hydrogen (secondary N) is 1. The fourth-order valence-electron chi connectivity index (χ4n) is 1.16. The van der Waals surface area contributed by atoms with Crippen molar-refractivity contribution in [3.8, 4) is 0 Å². The molecular formula is C7H15NNaO. The predicted molar refractivity (Wildman–Crippen MR) is 43.0 cm³/mol. The van der Waals surface area contributed by atoms with E-state index in [1.807, 2.05) is 0 Å². The zero-order valence-electron chi connectivity index (χ0n) is 7.15. The number of hydrogen-bond donors (Lipinski definition) is 2. The number of hydrogen-bond acceptors (Lipinski definition) is 2. The zero-order valence-corrected chi connectivity index (χ0v) is 9.15. The van der Waals surface area contributed by atoms with Gasteiger partial charge in [0.2, 0.25) is 0 Å². The van der Waals surface area contributed by atoms with Crippen LogP contribution in [0.3, 0.4) is 0 Å².